The van der Waals surface area contributed by atoms with Gasteiger partial charge < -0.3 is 16.0 Å². The number of hydrogen-bond acceptors (Lipinski definition) is 3. The van der Waals surface area contributed by atoms with Crippen LogP contribution in [-0.4, -0.2) is 43.0 Å². The fourth-order valence-electron chi connectivity index (χ4n) is 3.11. The van der Waals surface area contributed by atoms with E-state index < -0.39 is 0 Å². The van der Waals surface area contributed by atoms with Crippen LogP contribution < -0.4 is 11.1 Å². The summed E-state index contributed by atoms with van der Waals surface area (Å²) in [5, 5.41) is 3.18. The number of nitrogens with two attached hydrogens (primary N) is 1. The van der Waals surface area contributed by atoms with Crippen LogP contribution in [0.3, 0.4) is 0 Å². The van der Waals surface area contributed by atoms with Gasteiger partial charge in [-0.2, -0.15) is 0 Å². The second-order valence-corrected chi connectivity index (χ2v) is 5.84. The molecule has 1 heterocycles. The summed E-state index contributed by atoms with van der Waals surface area (Å²) in [5.41, 5.74) is 5.67. The van der Waals surface area contributed by atoms with E-state index in [4.69, 9.17) is 5.73 Å². The van der Waals surface area contributed by atoms with Crippen molar-refractivity contribution < 1.29 is 4.79 Å². The van der Waals surface area contributed by atoms with Crippen LogP contribution in [0.1, 0.15) is 44.9 Å². The number of likely N-dealkylation sites (tertiary alicyclic amines) is 1. The Morgan fingerprint density at radius 3 is 2.67 bits per heavy atom. The second-order valence-electron chi connectivity index (χ2n) is 5.84. The van der Waals surface area contributed by atoms with Crippen molar-refractivity contribution in [2.45, 2.75) is 51.0 Å². The Morgan fingerprint density at radius 1 is 1.22 bits per heavy atom. The van der Waals surface area contributed by atoms with E-state index in [1.807, 2.05) is 0 Å². The molecule has 0 aromatic carbocycles. The first-order chi connectivity index (χ1) is 8.78. The van der Waals surface area contributed by atoms with E-state index in [1.165, 1.54) is 38.5 Å². The van der Waals surface area contributed by atoms with Gasteiger partial charge >= 0.3 is 0 Å². The van der Waals surface area contributed by atoms with Gasteiger partial charge in [0, 0.05) is 25.6 Å². The monoisotopic (exact) mass is 253 g/mol. The number of nitrogens with one attached hydrogen (secondary N) is 1. The predicted molar refractivity (Wildman–Crippen MR) is 73.2 cm³/mol. The maximum atomic E-state index is 11.9. The molecule has 1 aliphatic heterocycles. The number of rotatable bonds is 5. The van der Waals surface area contributed by atoms with Gasteiger partial charge in [-0.1, -0.05) is 19.3 Å². The molecular weight excluding hydrogens is 226 g/mol. The standard InChI is InChI=1S/C14H27N3O/c15-10-12-6-8-17(11-12)9-7-14(18)16-13-4-2-1-3-5-13/h12-13H,1-11,15H2,(H,16,18). The van der Waals surface area contributed by atoms with Crippen LogP contribution in [0.2, 0.25) is 0 Å². The normalized spacial score (nSPS) is 26.4. The second kappa shape index (κ2) is 7.10. The van der Waals surface area contributed by atoms with Crippen LogP contribution in [0.4, 0.5) is 0 Å². The molecule has 1 atom stereocenters. The minimum Gasteiger partial charge on any atom is -0.353 e. The largest absolute Gasteiger partial charge is 0.353 e. The van der Waals surface area contributed by atoms with Crippen LogP contribution in [0.5, 0.6) is 0 Å². The zero-order chi connectivity index (χ0) is 12.8. The Balaban J connectivity index is 1.59. The number of hydrogen-bond donors (Lipinski definition) is 2. The summed E-state index contributed by atoms with van der Waals surface area (Å²) in [5.74, 6) is 0.879. The average molecular weight is 253 g/mol. The van der Waals surface area contributed by atoms with Crippen LogP contribution >= 0.6 is 0 Å². The molecule has 18 heavy (non-hydrogen) atoms. The SMILES string of the molecule is NCC1CCN(CCC(=O)NC2CCCCC2)C1. The van der Waals surface area contributed by atoms with Crippen molar-refractivity contribution in [2.24, 2.45) is 11.7 Å². The Hall–Kier alpha value is -0.610. The first-order valence-electron chi connectivity index (χ1n) is 7.49. The minimum atomic E-state index is 0.234. The lowest BCUT2D eigenvalue weighted by atomic mass is 9.95. The van der Waals surface area contributed by atoms with Gasteiger partial charge in [-0.05, 0) is 38.3 Å². The average Bonchev–Trinajstić information content (AvgIpc) is 2.85. The van der Waals surface area contributed by atoms with Crippen molar-refractivity contribution in [1.29, 1.82) is 0 Å². The Morgan fingerprint density at radius 2 is 2.00 bits per heavy atom. The molecule has 1 saturated carbocycles. The summed E-state index contributed by atoms with van der Waals surface area (Å²) < 4.78 is 0. The summed E-state index contributed by atoms with van der Waals surface area (Å²) in [6.45, 7) is 3.87. The molecule has 1 aliphatic carbocycles. The van der Waals surface area contributed by atoms with Gasteiger partial charge in [0.15, 0.2) is 0 Å². The van der Waals surface area contributed by atoms with E-state index in [-0.39, 0.29) is 5.91 Å². The highest BCUT2D eigenvalue weighted by Crippen LogP contribution is 2.18. The lowest BCUT2D eigenvalue weighted by Crippen LogP contribution is -2.38. The lowest BCUT2D eigenvalue weighted by Gasteiger charge is -2.23. The van der Waals surface area contributed by atoms with Crippen LogP contribution in [0.25, 0.3) is 0 Å². The molecule has 2 aliphatic rings. The highest BCUT2D eigenvalue weighted by atomic mass is 16.1. The topological polar surface area (TPSA) is 58.4 Å². The number of carbonyl (C=O) groups excluding carboxylic acids is 1. The van der Waals surface area contributed by atoms with E-state index in [1.54, 1.807) is 0 Å². The van der Waals surface area contributed by atoms with Crippen molar-refractivity contribution in [3.05, 3.63) is 0 Å². The molecule has 2 rings (SSSR count). The molecule has 0 bridgehead atoms. The summed E-state index contributed by atoms with van der Waals surface area (Å²) in [7, 11) is 0. The smallest absolute Gasteiger partial charge is 0.221 e. The number of amides is 1. The summed E-state index contributed by atoms with van der Waals surface area (Å²) >= 11 is 0. The van der Waals surface area contributed by atoms with Crippen molar-refractivity contribution in [2.75, 3.05) is 26.2 Å². The molecule has 104 valence electrons. The first-order valence-corrected chi connectivity index (χ1v) is 7.49. The van der Waals surface area contributed by atoms with Gasteiger partial charge in [-0.3, -0.25) is 4.79 Å². The molecular formula is C14H27N3O. The Labute approximate surface area is 110 Å². The van der Waals surface area contributed by atoms with E-state index in [9.17, 15) is 4.79 Å². The molecule has 2 fully saturated rings. The summed E-state index contributed by atoms with van der Waals surface area (Å²) in [6, 6.07) is 0.446. The third kappa shape index (κ3) is 4.25. The highest BCUT2D eigenvalue weighted by Gasteiger charge is 2.22. The van der Waals surface area contributed by atoms with Gasteiger partial charge in [0.25, 0.3) is 0 Å². The Kier molecular flexibility index (Phi) is 5.45. The van der Waals surface area contributed by atoms with Gasteiger partial charge in [-0.25, -0.2) is 0 Å². The third-order valence-corrected chi connectivity index (χ3v) is 4.33. The number of carbonyl (C=O) groups is 1. The molecule has 0 spiro atoms. The zero-order valence-corrected chi connectivity index (χ0v) is 11.4. The Bertz CT molecular complexity index is 264. The zero-order valence-electron chi connectivity index (χ0n) is 11.4. The van der Waals surface area contributed by atoms with Gasteiger partial charge in [0.1, 0.15) is 0 Å². The molecule has 1 saturated heterocycles. The van der Waals surface area contributed by atoms with Gasteiger partial charge in [-0.15, -0.1) is 0 Å². The van der Waals surface area contributed by atoms with Crippen molar-refractivity contribution >= 4 is 5.91 Å². The molecule has 0 radical (unpaired) electrons. The summed E-state index contributed by atoms with van der Waals surface area (Å²) in [6.07, 6.45) is 8.06. The van der Waals surface area contributed by atoms with Crippen molar-refractivity contribution in [1.82, 2.24) is 10.2 Å². The van der Waals surface area contributed by atoms with E-state index >= 15 is 0 Å². The molecule has 0 aromatic rings. The first kappa shape index (κ1) is 13.8. The van der Waals surface area contributed by atoms with Crippen LogP contribution in [-0.2, 0) is 4.79 Å². The van der Waals surface area contributed by atoms with Crippen molar-refractivity contribution in [3.63, 3.8) is 0 Å². The fourth-order valence-corrected chi connectivity index (χ4v) is 3.11. The van der Waals surface area contributed by atoms with Crippen LogP contribution in [0.15, 0.2) is 0 Å². The quantitative estimate of drug-likeness (QED) is 0.771. The molecule has 3 N–H and O–H groups in total. The number of nitrogens with zero attached hydrogens (tertiary/aromatic N) is 1. The van der Waals surface area contributed by atoms with Crippen LogP contribution in [0, 0.1) is 5.92 Å². The molecule has 1 amide bonds. The maximum absolute atomic E-state index is 11.9. The van der Waals surface area contributed by atoms with E-state index in [2.05, 4.69) is 10.2 Å². The fraction of sp³-hybridized carbons (Fsp3) is 0.929. The third-order valence-electron chi connectivity index (χ3n) is 4.33. The molecule has 0 aromatic heterocycles. The van der Waals surface area contributed by atoms with E-state index in [0.717, 1.165) is 26.2 Å². The van der Waals surface area contributed by atoms with Gasteiger partial charge in [0.05, 0.1) is 0 Å². The lowest BCUT2D eigenvalue weighted by molar-refractivity contribution is -0.122. The van der Waals surface area contributed by atoms with E-state index in [0.29, 0.717) is 18.4 Å². The van der Waals surface area contributed by atoms with Gasteiger partial charge in [0.2, 0.25) is 5.91 Å². The molecule has 4 heteroatoms. The highest BCUT2D eigenvalue weighted by molar-refractivity contribution is 5.76. The minimum absolute atomic E-state index is 0.234. The molecule has 4 nitrogen and oxygen atoms in total. The van der Waals surface area contributed by atoms with Crippen molar-refractivity contribution in [3.8, 4) is 0 Å². The predicted octanol–water partition coefficient (Wildman–Crippen LogP) is 1.11. The maximum Gasteiger partial charge on any atom is 0.221 e. The molecule has 1 unspecified atom stereocenters. The summed E-state index contributed by atoms with van der Waals surface area (Å²) in [4.78, 5) is 14.2.